The number of para-hydroxylation sites is 3. The fourth-order valence-electron chi connectivity index (χ4n) is 7.37. The smallest absolute Gasteiger partial charge is 0.164 e. The van der Waals surface area contributed by atoms with Crippen LogP contribution in [0.2, 0.25) is 0 Å². The topological polar surface area (TPSA) is 48.0 Å². The summed E-state index contributed by atoms with van der Waals surface area (Å²) in [5.41, 5.74) is 11.0. The molecule has 0 amide bonds. The molecule has 10 aromatic rings. The minimum absolute atomic E-state index is 0.640. The van der Waals surface area contributed by atoms with E-state index in [2.05, 4.69) is 124 Å². The van der Waals surface area contributed by atoms with Gasteiger partial charge in [-0.25, -0.2) is 15.0 Å². The summed E-state index contributed by atoms with van der Waals surface area (Å²) >= 11 is 0. The molecule has 0 fully saturated rings. The van der Waals surface area contributed by atoms with E-state index in [1.54, 1.807) is 0 Å². The first kappa shape index (κ1) is 28.2. The highest BCUT2D eigenvalue weighted by atomic mass is 15.1. The van der Waals surface area contributed by atoms with Gasteiger partial charge in [0.25, 0.3) is 0 Å². The Morgan fingerprint density at radius 1 is 0.340 bits per heavy atom. The average molecular weight is 640 g/mol. The molecule has 10 rings (SSSR count). The van der Waals surface area contributed by atoms with Gasteiger partial charge in [0.2, 0.25) is 0 Å². The standard InChI is InChI=1S/C45H29N5/c1-4-16-30(17-5-1)41-36-24-12-13-25-37(36)49-39-26-14-15-27-40(39)50(45(41)49)38-29-28-35(33-22-10-11-23-34(33)38)44-47-42(31-18-6-2-7-19-31)46-43(48-44)32-20-8-3-9-21-32/h1-29H. The number of hydrogen-bond acceptors (Lipinski definition) is 3. The van der Waals surface area contributed by atoms with Crippen molar-refractivity contribution >= 4 is 38.4 Å². The molecule has 0 atom stereocenters. The number of fused-ring (bicyclic) bond motifs is 6. The third-order valence-corrected chi connectivity index (χ3v) is 9.57. The summed E-state index contributed by atoms with van der Waals surface area (Å²) in [6, 6.07) is 61.4. The Labute approximate surface area is 288 Å². The van der Waals surface area contributed by atoms with Gasteiger partial charge in [0.15, 0.2) is 17.5 Å². The first-order chi connectivity index (χ1) is 24.8. The third kappa shape index (κ3) is 4.37. The second kappa shape index (κ2) is 11.4. The number of imidazole rings is 1. The second-order valence-corrected chi connectivity index (χ2v) is 12.5. The van der Waals surface area contributed by atoms with Crippen LogP contribution in [0, 0.1) is 0 Å². The second-order valence-electron chi connectivity index (χ2n) is 12.5. The predicted octanol–water partition coefficient (Wildman–Crippen LogP) is 11.0. The highest BCUT2D eigenvalue weighted by molar-refractivity contribution is 6.11. The predicted molar refractivity (Wildman–Crippen MR) is 204 cm³/mol. The average Bonchev–Trinajstić information content (AvgIpc) is 3.71. The van der Waals surface area contributed by atoms with Gasteiger partial charge in [-0.1, -0.05) is 146 Å². The Morgan fingerprint density at radius 2 is 0.820 bits per heavy atom. The van der Waals surface area contributed by atoms with Crippen molar-refractivity contribution in [3.8, 4) is 51.0 Å². The maximum Gasteiger partial charge on any atom is 0.164 e. The highest BCUT2D eigenvalue weighted by Gasteiger charge is 2.24. The molecule has 0 bridgehead atoms. The molecule has 0 aliphatic rings. The molecular weight excluding hydrogens is 611 g/mol. The number of nitrogens with zero attached hydrogens (tertiary/aromatic N) is 5. The van der Waals surface area contributed by atoms with Gasteiger partial charge in [0, 0.05) is 33.0 Å². The fraction of sp³-hybridized carbons (Fsp3) is 0. The summed E-state index contributed by atoms with van der Waals surface area (Å²) in [5.74, 6) is 1.93. The molecule has 0 saturated carbocycles. The quantitative estimate of drug-likeness (QED) is 0.188. The van der Waals surface area contributed by atoms with Crippen LogP contribution >= 0.6 is 0 Å². The Bertz CT molecular complexity index is 2800. The monoisotopic (exact) mass is 639 g/mol. The number of aromatic nitrogens is 5. The summed E-state index contributed by atoms with van der Waals surface area (Å²) in [6.45, 7) is 0. The van der Waals surface area contributed by atoms with Crippen LogP contribution in [-0.2, 0) is 0 Å². The zero-order valence-electron chi connectivity index (χ0n) is 27.0. The molecular formula is C45H29N5. The summed E-state index contributed by atoms with van der Waals surface area (Å²) in [7, 11) is 0. The van der Waals surface area contributed by atoms with E-state index in [-0.39, 0.29) is 0 Å². The molecule has 0 unspecified atom stereocenters. The Morgan fingerprint density at radius 3 is 1.46 bits per heavy atom. The molecule has 234 valence electrons. The fourth-order valence-corrected chi connectivity index (χ4v) is 7.37. The van der Waals surface area contributed by atoms with E-state index < -0.39 is 0 Å². The maximum atomic E-state index is 5.09. The SMILES string of the molecule is c1ccc(-c2nc(-c3ccccc3)nc(-c3ccc(-n4c5ccccc5n5c6ccccc6c(-c6ccccc6)c45)c4ccccc34)n2)cc1. The molecule has 0 N–H and O–H groups in total. The van der Waals surface area contributed by atoms with E-state index in [1.165, 1.54) is 22.0 Å². The highest BCUT2D eigenvalue weighted by Crippen LogP contribution is 2.42. The van der Waals surface area contributed by atoms with Gasteiger partial charge in [0.05, 0.1) is 22.2 Å². The molecule has 0 aliphatic carbocycles. The van der Waals surface area contributed by atoms with Crippen LogP contribution in [0.3, 0.4) is 0 Å². The lowest BCUT2D eigenvalue weighted by molar-refractivity contribution is 1.08. The van der Waals surface area contributed by atoms with Crippen molar-refractivity contribution < 1.29 is 0 Å². The molecule has 0 radical (unpaired) electrons. The normalized spacial score (nSPS) is 11.6. The maximum absolute atomic E-state index is 5.09. The van der Waals surface area contributed by atoms with E-state index in [0.29, 0.717) is 17.5 Å². The first-order valence-electron chi connectivity index (χ1n) is 16.8. The van der Waals surface area contributed by atoms with E-state index in [4.69, 9.17) is 15.0 Å². The molecule has 5 heteroatoms. The summed E-state index contributed by atoms with van der Waals surface area (Å²) in [5, 5.41) is 3.41. The number of hydrogen-bond donors (Lipinski definition) is 0. The third-order valence-electron chi connectivity index (χ3n) is 9.57. The lowest BCUT2D eigenvalue weighted by atomic mass is 10.0. The molecule has 0 saturated heterocycles. The molecule has 3 heterocycles. The lowest BCUT2D eigenvalue weighted by Gasteiger charge is -2.15. The van der Waals surface area contributed by atoms with Gasteiger partial charge in [-0.3, -0.25) is 8.97 Å². The van der Waals surface area contributed by atoms with E-state index >= 15 is 0 Å². The van der Waals surface area contributed by atoms with E-state index in [1.807, 2.05) is 60.7 Å². The van der Waals surface area contributed by atoms with Crippen molar-refractivity contribution in [1.82, 2.24) is 23.9 Å². The number of benzene rings is 7. The van der Waals surface area contributed by atoms with Gasteiger partial charge in [-0.05, 0) is 41.3 Å². The zero-order chi connectivity index (χ0) is 33.0. The van der Waals surface area contributed by atoms with Gasteiger partial charge < -0.3 is 0 Å². The zero-order valence-corrected chi connectivity index (χ0v) is 27.0. The van der Waals surface area contributed by atoms with Crippen LogP contribution in [0.5, 0.6) is 0 Å². The van der Waals surface area contributed by atoms with Crippen molar-refractivity contribution in [2.24, 2.45) is 0 Å². The number of rotatable bonds is 5. The molecule has 3 aromatic heterocycles. The Hall–Kier alpha value is -6.85. The van der Waals surface area contributed by atoms with Crippen LogP contribution < -0.4 is 0 Å². The van der Waals surface area contributed by atoms with Gasteiger partial charge in [-0.15, -0.1) is 0 Å². The van der Waals surface area contributed by atoms with E-state index in [9.17, 15) is 0 Å². The Balaban J connectivity index is 1.28. The largest absolute Gasteiger partial charge is 0.293 e. The molecule has 0 spiro atoms. The van der Waals surface area contributed by atoms with Gasteiger partial charge >= 0.3 is 0 Å². The minimum atomic E-state index is 0.640. The molecule has 5 nitrogen and oxygen atoms in total. The van der Waals surface area contributed by atoms with Gasteiger partial charge in [0.1, 0.15) is 5.65 Å². The van der Waals surface area contributed by atoms with Gasteiger partial charge in [-0.2, -0.15) is 0 Å². The van der Waals surface area contributed by atoms with Crippen LogP contribution in [0.15, 0.2) is 176 Å². The van der Waals surface area contributed by atoms with Crippen molar-refractivity contribution in [3.63, 3.8) is 0 Å². The summed E-state index contributed by atoms with van der Waals surface area (Å²) in [6.07, 6.45) is 0. The van der Waals surface area contributed by atoms with Crippen LogP contribution in [0.1, 0.15) is 0 Å². The van der Waals surface area contributed by atoms with Crippen LogP contribution in [-0.4, -0.2) is 23.9 Å². The summed E-state index contributed by atoms with van der Waals surface area (Å²) < 4.78 is 4.85. The molecule has 7 aromatic carbocycles. The van der Waals surface area contributed by atoms with E-state index in [0.717, 1.165) is 49.8 Å². The van der Waals surface area contributed by atoms with Crippen LogP contribution in [0.4, 0.5) is 0 Å². The van der Waals surface area contributed by atoms with Crippen molar-refractivity contribution in [1.29, 1.82) is 0 Å². The molecule has 50 heavy (non-hydrogen) atoms. The first-order valence-corrected chi connectivity index (χ1v) is 16.8. The minimum Gasteiger partial charge on any atom is -0.293 e. The lowest BCUT2D eigenvalue weighted by Crippen LogP contribution is -2.02. The van der Waals surface area contributed by atoms with Crippen molar-refractivity contribution in [2.45, 2.75) is 0 Å². The van der Waals surface area contributed by atoms with Crippen molar-refractivity contribution in [2.75, 3.05) is 0 Å². The summed E-state index contributed by atoms with van der Waals surface area (Å²) in [4.78, 5) is 15.1. The molecule has 0 aliphatic heterocycles. The Kier molecular flexibility index (Phi) is 6.42. The van der Waals surface area contributed by atoms with Crippen LogP contribution in [0.25, 0.3) is 89.3 Å². The van der Waals surface area contributed by atoms with Crippen molar-refractivity contribution in [3.05, 3.63) is 176 Å².